The molecule has 0 aliphatic carbocycles. The maximum absolute atomic E-state index is 12.0. The number of alkyl halides is 6. The summed E-state index contributed by atoms with van der Waals surface area (Å²) in [4.78, 5) is 21.0. The van der Waals surface area contributed by atoms with Crippen LogP contribution >= 0.6 is 0 Å². The van der Waals surface area contributed by atoms with Crippen molar-refractivity contribution in [2.75, 3.05) is 0 Å². The van der Waals surface area contributed by atoms with Crippen molar-refractivity contribution in [3.63, 3.8) is 0 Å². The Balaban J connectivity index is 2.69. The lowest BCUT2D eigenvalue weighted by molar-refractivity contribution is -0.201. The van der Waals surface area contributed by atoms with E-state index in [0.29, 0.717) is 0 Å². The molecule has 0 fully saturated rings. The summed E-state index contributed by atoms with van der Waals surface area (Å²) in [5.41, 5.74) is -0.0833. The van der Waals surface area contributed by atoms with E-state index in [1.165, 1.54) is 6.07 Å². The second-order valence-electron chi connectivity index (χ2n) is 3.61. The van der Waals surface area contributed by atoms with Crippen molar-refractivity contribution in [2.45, 2.75) is 19.0 Å². The Labute approximate surface area is 113 Å². The number of hydrogen-bond acceptors (Lipinski definition) is 4. The summed E-state index contributed by atoms with van der Waals surface area (Å²) in [6.07, 6.45) is -10.4. The quantitative estimate of drug-likeness (QED) is 0.489. The molecule has 0 spiro atoms. The molecule has 1 aromatic rings. The fourth-order valence-electron chi connectivity index (χ4n) is 1.09. The lowest BCUT2D eigenvalue weighted by Gasteiger charge is -2.09. The van der Waals surface area contributed by atoms with Gasteiger partial charge in [0.25, 0.3) is 0 Å². The zero-order valence-corrected chi connectivity index (χ0v) is 9.92. The Morgan fingerprint density at radius 1 is 0.952 bits per heavy atom. The molecule has 0 aromatic heterocycles. The Bertz CT molecular complexity index is 534. The number of carbonyl (C=O) groups is 2. The van der Waals surface area contributed by atoms with Gasteiger partial charge in [-0.1, -0.05) is 12.1 Å². The van der Waals surface area contributed by atoms with Crippen molar-refractivity contribution in [1.82, 2.24) is 0 Å². The van der Waals surface area contributed by atoms with Crippen molar-refractivity contribution in [1.29, 1.82) is 0 Å². The molecule has 1 rings (SSSR count). The minimum absolute atomic E-state index is 0.0833. The molecule has 0 atom stereocenters. The third-order valence-corrected chi connectivity index (χ3v) is 1.94. The summed E-state index contributed by atoms with van der Waals surface area (Å²) < 4.78 is 79.3. The highest BCUT2D eigenvalue weighted by Gasteiger charge is 2.42. The standard InChI is InChI=1S/C11H6F6O4/c12-10(13,14)8(18)20-5-6-2-1-3-7(4-6)21-9(19)11(15,16)17/h1-4H,5H2. The molecule has 0 aliphatic rings. The van der Waals surface area contributed by atoms with Crippen LogP contribution < -0.4 is 4.74 Å². The number of benzene rings is 1. The summed E-state index contributed by atoms with van der Waals surface area (Å²) in [5.74, 6) is -5.47. The van der Waals surface area contributed by atoms with Gasteiger partial charge in [0, 0.05) is 0 Å². The van der Waals surface area contributed by atoms with E-state index in [1.54, 1.807) is 0 Å². The van der Waals surface area contributed by atoms with E-state index in [0.717, 1.165) is 18.2 Å². The molecule has 1 aromatic carbocycles. The number of esters is 2. The van der Waals surface area contributed by atoms with Crippen LogP contribution in [0, 0.1) is 0 Å². The van der Waals surface area contributed by atoms with Crippen LogP contribution in [0.15, 0.2) is 24.3 Å². The second-order valence-corrected chi connectivity index (χ2v) is 3.61. The van der Waals surface area contributed by atoms with Crippen molar-refractivity contribution in [3.8, 4) is 5.75 Å². The molecule has 10 heteroatoms. The van der Waals surface area contributed by atoms with Crippen LogP contribution in [-0.4, -0.2) is 24.3 Å². The molecular weight excluding hydrogens is 310 g/mol. The van der Waals surface area contributed by atoms with E-state index >= 15 is 0 Å². The topological polar surface area (TPSA) is 52.6 Å². The van der Waals surface area contributed by atoms with Gasteiger partial charge in [-0.05, 0) is 17.7 Å². The molecule has 0 unspecified atom stereocenters. The molecule has 21 heavy (non-hydrogen) atoms. The van der Waals surface area contributed by atoms with Crippen LogP contribution in [0.1, 0.15) is 5.56 Å². The van der Waals surface area contributed by atoms with Crippen LogP contribution in [0.3, 0.4) is 0 Å². The van der Waals surface area contributed by atoms with E-state index in [4.69, 9.17) is 0 Å². The van der Waals surface area contributed by atoms with Crippen molar-refractivity contribution < 1.29 is 45.4 Å². The summed E-state index contributed by atoms with van der Waals surface area (Å²) in [5, 5.41) is 0. The van der Waals surface area contributed by atoms with Crippen molar-refractivity contribution >= 4 is 11.9 Å². The van der Waals surface area contributed by atoms with Gasteiger partial charge in [0.2, 0.25) is 0 Å². The zero-order chi connectivity index (χ0) is 16.3. The van der Waals surface area contributed by atoms with Gasteiger partial charge in [-0.15, -0.1) is 0 Å². The van der Waals surface area contributed by atoms with Gasteiger partial charge >= 0.3 is 24.3 Å². The maximum Gasteiger partial charge on any atom is 0.491 e. The van der Waals surface area contributed by atoms with E-state index in [1.807, 2.05) is 0 Å². The van der Waals surface area contributed by atoms with Crippen LogP contribution in [0.2, 0.25) is 0 Å². The maximum atomic E-state index is 12.0. The average molecular weight is 316 g/mol. The first-order chi connectivity index (χ1) is 9.50. The molecule has 4 nitrogen and oxygen atoms in total. The molecule has 0 saturated heterocycles. The number of hydrogen-bond donors (Lipinski definition) is 0. The first-order valence-electron chi connectivity index (χ1n) is 5.12. The molecular formula is C11H6F6O4. The summed E-state index contributed by atoms with van der Waals surface area (Å²) in [6, 6.07) is 4.12. The van der Waals surface area contributed by atoms with Gasteiger partial charge in [-0.3, -0.25) is 0 Å². The fourth-order valence-corrected chi connectivity index (χ4v) is 1.09. The number of halogens is 6. The second kappa shape index (κ2) is 6.02. The smallest absolute Gasteiger partial charge is 0.454 e. The normalized spacial score (nSPS) is 11.9. The Morgan fingerprint density at radius 3 is 2.05 bits per heavy atom. The van der Waals surface area contributed by atoms with Gasteiger partial charge in [0.15, 0.2) is 0 Å². The summed E-state index contributed by atoms with van der Waals surface area (Å²) >= 11 is 0. The largest absolute Gasteiger partial charge is 0.491 e. The summed E-state index contributed by atoms with van der Waals surface area (Å²) in [6.45, 7) is -0.838. The minimum atomic E-state index is -5.21. The molecule has 0 heterocycles. The Hall–Kier alpha value is -2.26. The third-order valence-electron chi connectivity index (χ3n) is 1.94. The van der Waals surface area contributed by atoms with E-state index in [2.05, 4.69) is 9.47 Å². The number of ether oxygens (including phenoxy) is 2. The van der Waals surface area contributed by atoms with Gasteiger partial charge in [0.05, 0.1) is 0 Å². The highest BCUT2D eigenvalue weighted by molar-refractivity contribution is 5.78. The SMILES string of the molecule is O=C(OCc1cccc(OC(=O)C(F)(F)F)c1)C(F)(F)F. The van der Waals surface area contributed by atoms with Crippen LogP contribution in [-0.2, 0) is 20.9 Å². The average Bonchev–Trinajstić information content (AvgIpc) is 2.34. The minimum Gasteiger partial charge on any atom is -0.454 e. The molecule has 0 saturated carbocycles. The van der Waals surface area contributed by atoms with Crippen LogP contribution in [0.25, 0.3) is 0 Å². The zero-order valence-electron chi connectivity index (χ0n) is 9.92. The molecule has 0 amide bonds. The van der Waals surface area contributed by atoms with Crippen molar-refractivity contribution in [3.05, 3.63) is 29.8 Å². The molecule has 0 aliphatic heterocycles. The predicted octanol–water partition coefficient (Wildman–Crippen LogP) is 2.76. The van der Waals surface area contributed by atoms with Gasteiger partial charge in [0.1, 0.15) is 12.4 Å². The highest BCUT2D eigenvalue weighted by atomic mass is 19.4. The first kappa shape index (κ1) is 16.8. The molecule has 0 radical (unpaired) electrons. The molecule has 0 bridgehead atoms. The van der Waals surface area contributed by atoms with E-state index < -0.39 is 36.6 Å². The first-order valence-corrected chi connectivity index (χ1v) is 5.12. The van der Waals surface area contributed by atoms with Crippen LogP contribution in [0.4, 0.5) is 26.3 Å². The van der Waals surface area contributed by atoms with E-state index in [-0.39, 0.29) is 5.56 Å². The lowest BCUT2D eigenvalue weighted by Crippen LogP contribution is -2.28. The summed E-state index contributed by atoms with van der Waals surface area (Å²) in [7, 11) is 0. The van der Waals surface area contributed by atoms with Gasteiger partial charge < -0.3 is 9.47 Å². The third kappa shape index (κ3) is 5.32. The number of carbonyl (C=O) groups excluding carboxylic acids is 2. The van der Waals surface area contributed by atoms with E-state index in [9.17, 15) is 35.9 Å². The number of rotatable bonds is 3. The van der Waals surface area contributed by atoms with Crippen LogP contribution in [0.5, 0.6) is 5.75 Å². The molecule has 0 N–H and O–H groups in total. The fraction of sp³-hybridized carbons (Fsp3) is 0.273. The predicted molar refractivity (Wildman–Crippen MR) is 54.0 cm³/mol. The highest BCUT2D eigenvalue weighted by Crippen LogP contribution is 2.22. The Kier molecular flexibility index (Phi) is 4.81. The molecule has 116 valence electrons. The van der Waals surface area contributed by atoms with Gasteiger partial charge in [-0.2, -0.15) is 26.3 Å². The van der Waals surface area contributed by atoms with Crippen molar-refractivity contribution in [2.24, 2.45) is 0 Å². The monoisotopic (exact) mass is 316 g/mol. The Morgan fingerprint density at radius 2 is 1.52 bits per heavy atom. The lowest BCUT2D eigenvalue weighted by atomic mass is 10.2. The van der Waals surface area contributed by atoms with Gasteiger partial charge in [-0.25, -0.2) is 9.59 Å².